The Labute approximate surface area is 122 Å². The molecule has 0 bridgehead atoms. The summed E-state index contributed by atoms with van der Waals surface area (Å²) >= 11 is 0. The molecule has 2 heterocycles. The fourth-order valence-corrected chi connectivity index (χ4v) is 2.74. The lowest BCUT2D eigenvalue weighted by molar-refractivity contribution is 0.190. The average Bonchev–Trinajstić information content (AvgIpc) is 2.51. The maximum absolute atomic E-state index is 3.33. The second-order valence-corrected chi connectivity index (χ2v) is 5.74. The molecule has 1 N–H and O–H groups in total. The van der Waals surface area contributed by atoms with E-state index >= 15 is 0 Å². The van der Waals surface area contributed by atoms with Crippen LogP contribution in [0.5, 0.6) is 0 Å². The quantitative estimate of drug-likeness (QED) is 0.810. The Balaban J connectivity index is 0.000000316. The first-order valence-corrected chi connectivity index (χ1v) is 8.69. The van der Waals surface area contributed by atoms with E-state index in [9.17, 15) is 0 Å². The van der Waals surface area contributed by atoms with E-state index in [-0.39, 0.29) is 0 Å². The molecule has 0 aliphatic carbocycles. The van der Waals surface area contributed by atoms with Gasteiger partial charge in [0.25, 0.3) is 0 Å². The molecule has 0 aromatic rings. The Hall–Kier alpha value is -0.0800. The van der Waals surface area contributed by atoms with Crippen LogP contribution in [0.1, 0.15) is 66.7 Å². The van der Waals surface area contributed by atoms with E-state index in [0.29, 0.717) is 0 Å². The topological polar surface area (TPSA) is 15.3 Å². The largest absolute Gasteiger partial charge is 0.316 e. The molecule has 2 saturated heterocycles. The third kappa shape index (κ3) is 9.45. The molecule has 0 aromatic heterocycles. The summed E-state index contributed by atoms with van der Waals surface area (Å²) in [5.41, 5.74) is 0. The van der Waals surface area contributed by atoms with Gasteiger partial charge in [-0.3, -0.25) is 0 Å². The van der Waals surface area contributed by atoms with Crippen molar-refractivity contribution in [3.8, 4) is 0 Å². The lowest BCUT2D eigenvalue weighted by Crippen LogP contribution is -2.33. The minimum atomic E-state index is 0.925. The summed E-state index contributed by atoms with van der Waals surface area (Å²) in [6, 6.07) is 0. The Bertz CT molecular complexity index is 156. The van der Waals surface area contributed by atoms with Gasteiger partial charge in [-0.15, -0.1) is 0 Å². The first-order chi connectivity index (χ1) is 9.26. The molecule has 1 unspecified atom stereocenters. The predicted octanol–water partition coefficient (Wildman–Crippen LogP) is 4.16. The lowest BCUT2D eigenvalue weighted by Gasteiger charge is -2.30. The van der Waals surface area contributed by atoms with Crippen LogP contribution in [-0.4, -0.2) is 37.6 Å². The van der Waals surface area contributed by atoms with Gasteiger partial charge in [-0.2, -0.15) is 0 Å². The van der Waals surface area contributed by atoms with Gasteiger partial charge in [0.1, 0.15) is 0 Å². The van der Waals surface area contributed by atoms with Crippen molar-refractivity contribution in [3.63, 3.8) is 0 Å². The summed E-state index contributed by atoms with van der Waals surface area (Å²) < 4.78 is 0. The number of nitrogens with one attached hydrogen (secondary N) is 1. The number of rotatable bonds is 2. The molecule has 0 saturated carbocycles. The van der Waals surface area contributed by atoms with Crippen molar-refractivity contribution in [1.29, 1.82) is 0 Å². The van der Waals surface area contributed by atoms with Crippen molar-refractivity contribution in [3.05, 3.63) is 0 Å². The SMILES string of the molecule is CC.CC1CCCNC1.CCC1CCN(CC)CC1. The van der Waals surface area contributed by atoms with Gasteiger partial charge >= 0.3 is 0 Å². The van der Waals surface area contributed by atoms with E-state index < -0.39 is 0 Å². The minimum Gasteiger partial charge on any atom is -0.316 e. The Morgan fingerprint density at radius 3 is 2.00 bits per heavy atom. The maximum atomic E-state index is 3.33. The van der Waals surface area contributed by atoms with Gasteiger partial charge in [-0.1, -0.05) is 41.0 Å². The molecule has 2 aliphatic heterocycles. The molecule has 2 heteroatoms. The third-order valence-electron chi connectivity index (χ3n) is 4.27. The zero-order valence-corrected chi connectivity index (χ0v) is 14.2. The van der Waals surface area contributed by atoms with E-state index in [4.69, 9.17) is 0 Å². The van der Waals surface area contributed by atoms with Gasteiger partial charge in [0.15, 0.2) is 0 Å². The first-order valence-electron chi connectivity index (χ1n) is 8.69. The predicted molar refractivity (Wildman–Crippen MR) is 87.7 cm³/mol. The number of nitrogens with zero attached hydrogens (tertiary/aromatic N) is 1. The van der Waals surface area contributed by atoms with Crippen LogP contribution in [-0.2, 0) is 0 Å². The van der Waals surface area contributed by atoms with Crippen molar-refractivity contribution in [1.82, 2.24) is 10.2 Å². The fourth-order valence-electron chi connectivity index (χ4n) is 2.74. The van der Waals surface area contributed by atoms with Gasteiger partial charge in [0.05, 0.1) is 0 Å². The monoisotopic (exact) mass is 270 g/mol. The summed E-state index contributed by atoms with van der Waals surface area (Å²) in [6.45, 7) is 17.3. The molecule has 2 fully saturated rings. The molecule has 2 nitrogen and oxygen atoms in total. The van der Waals surface area contributed by atoms with E-state index in [1.54, 1.807) is 0 Å². The smallest absolute Gasteiger partial charge is 0.00162 e. The van der Waals surface area contributed by atoms with Gasteiger partial charge in [-0.05, 0) is 70.2 Å². The number of hydrogen-bond acceptors (Lipinski definition) is 2. The first kappa shape index (κ1) is 18.9. The van der Waals surface area contributed by atoms with Crippen LogP contribution >= 0.6 is 0 Å². The third-order valence-corrected chi connectivity index (χ3v) is 4.27. The highest BCUT2D eigenvalue weighted by Gasteiger charge is 2.15. The lowest BCUT2D eigenvalue weighted by atomic mass is 9.95. The fraction of sp³-hybridized carbons (Fsp3) is 1.00. The van der Waals surface area contributed by atoms with Crippen LogP contribution in [0.15, 0.2) is 0 Å². The molecule has 2 rings (SSSR count). The molecule has 19 heavy (non-hydrogen) atoms. The van der Waals surface area contributed by atoms with Crippen LogP contribution in [0.3, 0.4) is 0 Å². The van der Waals surface area contributed by atoms with Crippen molar-refractivity contribution in [2.45, 2.75) is 66.7 Å². The van der Waals surface area contributed by atoms with E-state index in [0.717, 1.165) is 11.8 Å². The Morgan fingerprint density at radius 2 is 1.68 bits per heavy atom. The van der Waals surface area contributed by atoms with E-state index in [1.807, 2.05) is 13.8 Å². The summed E-state index contributed by atoms with van der Waals surface area (Å²) in [5, 5.41) is 3.33. The van der Waals surface area contributed by atoms with Gasteiger partial charge in [0.2, 0.25) is 0 Å². The zero-order valence-electron chi connectivity index (χ0n) is 14.2. The van der Waals surface area contributed by atoms with Gasteiger partial charge in [0, 0.05) is 0 Å². The van der Waals surface area contributed by atoms with Crippen molar-refractivity contribution in [2.24, 2.45) is 11.8 Å². The van der Waals surface area contributed by atoms with Crippen molar-refractivity contribution < 1.29 is 0 Å². The summed E-state index contributed by atoms with van der Waals surface area (Å²) in [7, 11) is 0. The molecule has 0 radical (unpaired) electrons. The highest BCUT2D eigenvalue weighted by Crippen LogP contribution is 2.19. The van der Waals surface area contributed by atoms with Crippen LogP contribution in [0.25, 0.3) is 0 Å². The number of piperidine rings is 2. The van der Waals surface area contributed by atoms with Gasteiger partial charge < -0.3 is 10.2 Å². The Morgan fingerprint density at radius 1 is 1.05 bits per heavy atom. The summed E-state index contributed by atoms with van der Waals surface area (Å²) in [5.74, 6) is 1.96. The normalized spacial score (nSPS) is 24.8. The molecule has 0 spiro atoms. The molecule has 0 amide bonds. The van der Waals surface area contributed by atoms with Crippen LogP contribution < -0.4 is 5.32 Å². The summed E-state index contributed by atoms with van der Waals surface area (Å²) in [4.78, 5) is 2.55. The van der Waals surface area contributed by atoms with Crippen LogP contribution in [0.4, 0.5) is 0 Å². The molecular weight excluding hydrogens is 232 g/mol. The van der Waals surface area contributed by atoms with Crippen LogP contribution in [0, 0.1) is 11.8 Å². The van der Waals surface area contributed by atoms with E-state index in [1.165, 1.54) is 64.8 Å². The number of hydrogen-bond donors (Lipinski definition) is 1. The molecule has 1 atom stereocenters. The second-order valence-electron chi connectivity index (χ2n) is 5.74. The number of likely N-dealkylation sites (tertiary alicyclic amines) is 1. The molecule has 116 valence electrons. The highest BCUT2D eigenvalue weighted by molar-refractivity contribution is 4.69. The van der Waals surface area contributed by atoms with E-state index in [2.05, 4.69) is 31.0 Å². The Kier molecular flexibility index (Phi) is 12.9. The summed E-state index contributed by atoms with van der Waals surface area (Å²) in [6.07, 6.45) is 7.06. The second kappa shape index (κ2) is 12.9. The molecule has 0 aromatic carbocycles. The van der Waals surface area contributed by atoms with Crippen LogP contribution in [0.2, 0.25) is 0 Å². The van der Waals surface area contributed by atoms with Gasteiger partial charge in [-0.25, -0.2) is 0 Å². The van der Waals surface area contributed by atoms with Crippen molar-refractivity contribution >= 4 is 0 Å². The zero-order chi connectivity index (χ0) is 14.5. The van der Waals surface area contributed by atoms with Crippen molar-refractivity contribution in [2.75, 3.05) is 32.7 Å². The average molecular weight is 271 g/mol. The maximum Gasteiger partial charge on any atom is -0.00162 e. The highest BCUT2D eigenvalue weighted by atomic mass is 15.1. The minimum absolute atomic E-state index is 0.925. The molecular formula is C17H38N2. The standard InChI is InChI=1S/C9H19N.C6H13N.C2H6/c1-3-9-5-7-10(4-2)8-6-9;1-6-3-2-4-7-5-6;1-2/h9H,3-8H2,1-2H3;6-7H,2-5H2,1H3;1-2H3. The molecule has 2 aliphatic rings.